The number of amides is 1. The summed E-state index contributed by atoms with van der Waals surface area (Å²) < 4.78 is 1.62. The quantitative estimate of drug-likeness (QED) is 0.855. The lowest BCUT2D eigenvalue weighted by Gasteiger charge is -2.19. The van der Waals surface area contributed by atoms with Crippen molar-refractivity contribution in [2.45, 2.75) is 71.5 Å². The molecular formula is C20H28N4O2S. The molecule has 2 fully saturated rings. The number of nitrogens with zero attached hydrogens (tertiary/aromatic N) is 3. The third-order valence-electron chi connectivity index (χ3n) is 5.95. The van der Waals surface area contributed by atoms with E-state index in [1.165, 1.54) is 25.7 Å². The maximum Gasteiger partial charge on any atom is 0.263 e. The number of carbonyl (C=O) groups excluding carboxylic acids is 1. The van der Waals surface area contributed by atoms with Crippen molar-refractivity contribution in [1.29, 1.82) is 0 Å². The summed E-state index contributed by atoms with van der Waals surface area (Å²) >= 11 is 1.58. The molecule has 7 heteroatoms. The minimum atomic E-state index is -0.0718. The van der Waals surface area contributed by atoms with E-state index < -0.39 is 0 Å². The molecule has 1 amide bonds. The lowest BCUT2D eigenvalue weighted by atomic mass is 10.2. The number of aromatic nitrogens is 2. The van der Waals surface area contributed by atoms with Gasteiger partial charge in [-0.1, -0.05) is 12.8 Å². The van der Waals surface area contributed by atoms with Gasteiger partial charge in [-0.25, -0.2) is 4.98 Å². The van der Waals surface area contributed by atoms with Crippen LogP contribution in [0.3, 0.4) is 0 Å². The van der Waals surface area contributed by atoms with Crippen LogP contribution >= 0.6 is 11.3 Å². The molecule has 2 aliphatic rings. The van der Waals surface area contributed by atoms with Gasteiger partial charge in [0.1, 0.15) is 17.2 Å². The molecule has 0 bridgehead atoms. The van der Waals surface area contributed by atoms with Gasteiger partial charge in [-0.2, -0.15) is 0 Å². The topological polar surface area (TPSA) is 67.2 Å². The standard InChI is InChI=1S/C20H28N4O2S/c1-13-14(2)27-19-18(13)20(26)24(12-17(25)21-15-7-3-4-8-15)16(22-19)11-23-9-5-6-10-23/h15H,3-12H2,1-2H3,(H,21,25). The Hall–Kier alpha value is -1.73. The summed E-state index contributed by atoms with van der Waals surface area (Å²) in [7, 11) is 0. The summed E-state index contributed by atoms with van der Waals surface area (Å²) in [6.07, 6.45) is 6.80. The zero-order valence-corrected chi connectivity index (χ0v) is 17.0. The third-order valence-corrected chi connectivity index (χ3v) is 7.05. The average Bonchev–Trinajstić information content (AvgIpc) is 3.36. The summed E-state index contributed by atoms with van der Waals surface area (Å²) in [6.45, 7) is 6.77. The number of nitrogens with one attached hydrogen (secondary N) is 1. The fourth-order valence-electron chi connectivity index (χ4n) is 4.28. The Labute approximate surface area is 163 Å². The van der Waals surface area contributed by atoms with E-state index >= 15 is 0 Å². The zero-order chi connectivity index (χ0) is 19.0. The highest BCUT2D eigenvalue weighted by Gasteiger charge is 2.22. The maximum atomic E-state index is 13.3. The van der Waals surface area contributed by atoms with Crippen molar-refractivity contribution in [3.63, 3.8) is 0 Å². The Morgan fingerprint density at radius 3 is 2.59 bits per heavy atom. The average molecular weight is 389 g/mol. The lowest BCUT2D eigenvalue weighted by Crippen LogP contribution is -2.39. The number of likely N-dealkylation sites (tertiary alicyclic amines) is 1. The van der Waals surface area contributed by atoms with Crippen molar-refractivity contribution in [1.82, 2.24) is 19.8 Å². The molecule has 6 nitrogen and oxygen atoms in total. The van der Waals surface area contributed by atoms with Crippen LogP contribution in [0, 0.1) is 13.8 Å². The van der Waals surface area contributed by atoms with Crippen molar-refractivity contribution in [2.24, 2.45) is 0 Å². The summed E-state index contributed by atoms with van der Waals surface area (Å²) in [5, 5.41) is 3.78. The second-order valence-corrected chi connectivity index (χ2v) is 9.12. The molecule has 146 valence electrons. The molecule has 0 spiro atoms. The normalized spacial score (nSPS) is 18.6. The highest BCUT2D eigenvalue weighted by molar-refractivity contribution is 7.18. The first-order valence-corrected chi connectivity index (χ1v) is 10.9. The molecule has 0 unspecified atom stereocenters. The number of hydrogen-bond donors (Lipinski definition) is 1. The molecule has 1 N–H and O–H groups in total. The van der Waals surface area contributed by atoms with Crippen molar-refractivity contribution >= 4 is 27.5 Å². The first-order chi connectivity index (χ1) is 13.0. The second kappa shape index (κ2) is 7.72. The Morgan fingerprint density at radius 2 is 1.89 bits per heavy atom. The Bertz CT molecular complexity index is 905. The van der Waals surface area contributed by atoms with Crippen LogP contribution in [0.4, 0.5) is 0 Å². The SMILES string of the molecule is Cc1sc2nc(CN3CCCC3)n(CC(=O)NC3CCCC3)c(=O)c2c1C. The van der Waals surface area contributed by atoms with Crippen LogP contribution in [0.15, 0.2) is 4.79 Å². The van der Waals surface area contributed by atoms with Crippen LogP contribution in [0.25, 0.3) is 10.2 Å². The van der Waals surface area contributed by atoms with E-state index in [-0.39, 0.29) is 24.1 Å². The molecular weight excluding hydrogens is 360 g/mol. The van der Waals surface area contributed by atoms with Crippen LogP contribution < -0.4 is 10.9 Å². The lowest BCUT2D eigenvalue weighted by molar-refractivity contribution is -0.122. The summed E-state index contributed by atoms with van der Waals surface area (Å²) in [5.74, 6) is 0.648. The van der Waals surface area contributed by atoms with E-state index in [1.54, 1.807) is 15.9 Å². The van der Waals surface area contributed by atoms with Crippen LogP contribution in [0.5, 0.6) is 0 Å². The summed E-state index contributed by atoms with van der Waals surface area (Å²) in [4.78, 5) is 35.0. The zero-order valence-electron chi connectivity index (χ0n) is 16.2. The highest BCUT2D eigenvalue weighted by Crippen LogP contribution is 2.27. The smallest absolute Gasteiger partial charge is 0.263 e. The van der Waals surface area contributed by atoms with E-state index in [0.717, 1.165) is 47.0 Å². The molecule has 1 saturated carbocycles. The highest BCUT2D eigenvalue weighted by atomic mass is 32.1. The minimum Gasteiger partial charge on any atom is -0.352 e. The molecule has 2 aromatic heterocycles. The van der Waals surface area contributed by atoms with Gasteiger partial charge in [-0.3, -0.25) is 19.1 Å². The molecule has 1 saturated heterocycles. The number of fused-ring (bicyclic) bond motifs is 1. The van der Waals surface area contributed by atoms with Gasteiger partial charge < -0.3 is 5.32 Å². The van der Waals surface area contributed by atoms with E-state index in [1.807, 2.05) is 13.8 Å². The van der Waals surface area contributed by atoms with Gasteiger partial charge in [-0.15, -0.1) is 11.3 Å². The van der Waals surface area contributed by atoms with Crippen LogP contribution in [0.1, 0.15) is 54.8 Å². The van der Waals surface area contributed by atoms with E-state index in [9.17, 15) is 9.59 Å². The molecule has 2 aromatic rings. The van der Waals surface area contributed by atoms with E-state index in [4.69, 9.17) is 4.98 Å². The monoisotopic (exact) mass is 388 g/mol. The van der Waals surface area contributed by atoms with Crippen LogP contribution in [-0.2, 0) is 17.9 Å². The predicted octanol–water partition coefficient (Wildman–Crippen LogP) is 2.73. The van der Waals surface area contributed by atoms with Crippen LogP contribution in [0.2, 0.25) is 0 Å². The molecule has 3 heterocycles. The third kappa shape index (κ3) is 3.80. The van der Waals surface area contributed by atoms with E-state index in [0.29, 0.717) is 11.9 Å². The van der Waals surface area contributed by atoms with Crippen LogP contribution in [-0.4, -0.2) is 39.5 Å². The van der Waals surface area contributed by atoms with Crippen molar-refractivity contribution in [2.75, 3.05) is 13.1 Å². The largest absolute Gasteiger partial charge is 0.352 e. The number of carbonyl (C=O) groups is 1. The molecule has 27 heavy (non-hydrogen) atoms. The number of hydrogen-bond acceptors (Lipinski definition) is 5. The first kappa shape index (κ1) is 18.6. The number of rotatable bonds is 5. The van der Waals surface area contributed by atoms with Gasteiger partial charge in [0, 0.05) is 10.9 Å². The van der Waals surface area contributed by atoms with Crippen molar-refractivity contribution < 1.29 is 4.79 Å². The van der Waals surface area contributed by atoms with Crippen molar-refractivity contribution in [3.05, 3.63) is 26.6 Å². The van der Waals surface area contributed by atoms with Gasteiger partial charge in [0.05, 0.1) is 11.9 Å². The van der Waals surface area contributed by atoms with Crippen molar-refractivity contribution in [3.8, 4) is 0 Å². The molecule has 1 aliphatic carbocycles. The second-order valence-electron chi connectivity index (χ2n) is 7.91. The molecule has 1 aliphatic heterocycles. The van der Waals surface area contributed by atoms with Gasteiger partial charge in [0.25, 0.3) is 5.56 Å². The van der Waals surface area contributed by atoms with Gasteiger partial charge >= 0.3 is 0 Å². The molecule has 0 atom stereocenters. The summed E-state index contributed by atoms with van der Waals surface area (Å²) in [5.41, 5.74) is 0.919. The summed E-state index contributed by atoms with van der Waals surface area (Å²) in [6, 6.07) is 0.261. The fourth-order valence-corrected chi connectivity index (χ4v) is 5.32. The Morgan fingerprint density at radius 1 is 1.19 bits per heavy atom. The van der Waals surface area contributed by atoms with E-state index in [2.05, 4.69) is 10.2 Å². The van der Waals surface area contributed by atoms with Gasteiger partial charge in [0.2, 0.25) is 5.91 Å². The molecule has 0 aromatic carbocycles. The maximum absolute atomic E-state index is 13.3. The first-order valence-electron chi connectivity index (χ1n) is 10.0. The Kier molecular flexibility index (Phi) is 5.32. The van der Waals surface area contributed by atoms with Gasteiger partial charge in [0.15, 0.2) is 0 Å². The number of aryl methyl sites for hydroxylation is 2. The predicted molar refractivity (Wildman–Crippen MR) is 108 cm³/mol. The molecule has 0 radical (unpaired) electrons. The Balaban J connectivity index is 1.68. The van der Waals surface area contributed by atoms with Gasteiger partial charge in [-0.05, 0) is 58.2 Å². The number of thiophene rings is 1. The fraction of sp³-hybridized carbons (Fsp3) is 0.650. The minimum absolute atomic E-state index is 0.0653. The molecule has 4 rings (SSSR count).